The molecule has 0 atom stereocenters. The molecule has 0 radical (unpaired) electrons. The summed E-state index contributed by atoms with van der Waals surface area (Å²) < 4.78 is 5.29. The Hall–Kier alpha value is -2.24. The average molecular weight is 357 g/mol. The molecule has 0 unspecified atom stereocenters. The highest BCUT2D eigenvalue weighted by Gasteiger charge is 2.51. The van der Waals surface area contributed by atoms with E-state index in [1.54, 1.807) is 18.2 Å². The molecular formula is C20H27N3O3. The maximum atomic E-state index is 12.3. The minimum atomic E-state index is -0.238. The molecule has 5 rings (SSSR count). The lowest BCUT2D eigenvalue weighted by molar-refractivity contribution is -0.0135. The van der Waals surface area contributed by atoms with Gasteiger partial charge in [0, 0.05) is 5.54 Å². The van der Waals surface area contributed by atoms with Gasteiger partial charge in [-0.15, -0.1) is 0 Å². The summed E-state index contributed by atoms with van der Waals surface area (Å²) in [4.78, 5) is 12.3. The molecule has 1 aromatic rings. The Morgan fingerprint density at radius 2 is 1.92 bits per heavy atom. The van der Waals surface area contributed by atoms with E-state index in [0.717, 1.165) is 37.0 Å². The molecule has 6 heteroatoms. The van der Waals surface area contributed by atoms with Crippen molar-refractivity contribution >= 4 is 12.2 Å². The number of nitrogens with one attached hydrogen (secondary N) is 2. The van der Waals surface area contributed by atoms with Crippen molar-refractivity contribution in [3.05, 3.63) is 23.8 Å². The topological polar surface area (TPSA) is 83.0 Å². The number of nitrogens with zero attached hydrogens (tertiary/aromatic N) is 1. The number of hydrogen-bond donors (Lipinski definition) is 3. The summed E-state index contributed by atoms with van der Waals surface area (Å²) in [7, 11) is 0. The zero-order valence-corrected chi connectivity index (χ0v) is 15.2. The number of amides is 2. The van der Waals surface area contributed by atoms with Crippen LogP contribution in [0.1, 0.15) is 51.0 Å². The van der Waals surface area contributed by atoms with Gasteiger partial charge in [-0.3, -0.25) is 0 Å². The first-order chi connectivity index (χ1) is 12.5. The zero-order valence-electron chi connectivity index (χ0n) is 15.2. The fourth-order valence-electron chi connectivity index (χ4n) is 5.59. The SMILES string of the molecule is CCOc1ccc(C=NNC(=O)NC23CC4CC(CC(C4)C2)C3)cc1O. The normalized spacial score (nSPS) is 32.0. The van der Waals surface area contributed by atoms with Gasteiger partial charge in [-0.05, 0) is 87.0 Å². The third-order valence-electron chi connectivity index (χ3n) is 6.08. The van der Waals surface area contributed by atoms with Crippen LogP contribution in [0.3, 0.4) is 0 Å². The van der Waals surface area contributed by atoms with E-state index in [0.29, 0.717) is 17.9 Å². The van der Waals surface area contributed by atoms with Crippen LogP contribution >= 0.6 is 0 Å². The van der Waals surface area contributed by atoms with Gasteiger partial charge in [-0.25, -0.2) is 10.2 Å². The number of phenols is 1. The molecule has 4 aliphatic rings. The molecule has 140 valence electrons. The molecule has 4 bridgehead atoms. The standard InChI is InChI=1S/C20H27N3O3/c1-2-26-18-4-3-13(8-17(18)24)12-21-23-19(25)22-20-9-14-5-15(10-20)7-16(6-14)11-20/h3-4,8,12,14-16,24H,2,5-7,9-11H2,1H3,(H2,22,23,25). The summed E-state index contributed by atoms with van der Waals surface area (Å²) in [6.07, 6.45) is 8.91. The van der Waals surface area contributed by atoms with E-state index in [4.69, 9.17) is 4.74 Å². The first-order valence-corrected chi connectivity index (χ1v) is 9.62. The summed E-state index contributed by atoms with van der Waals surface area (Å²) in [5, 5.41) is 17.1. The van der Waals surface area contributed by atoms with Gasteiger partial charge in [0.25, 0.3) is 0 Å². The maximum absolute atomic E-state index is 12.3. The second-order valence-corrected chi connectivity index (χ2v) is 8.18. The molecule has 0 saturated heterocycles. The number of hydrogen-bond acceptors (Lipinski definition) is 4. The van der Waals surface area contributed by atoms with E-state index >= 15 is 0 Å². The number of carbonyl (C=O) groups is 1. The van der Waals surface area contributed by atoms with E-state index in [2.05, 4.69) is 15.8 Å². The summed E-state index contributed by atoms with van der Waals surface area (Å²) in [5.74, 6) is 2.87. The monoisotopic (exact) mass is 357 g/mol. The van der Waals surface area contributed by atoms with E-state index in [1.165, 1.54) is 25.5 Å². The minimum absolute atomic E-state index is 0.0221. The van der Waals surface area contributed by atoms with Gasteiger partial charge >= 0.3 is 6.03 Å². The summed E-state index contributed by atoms with van der Waals surface area (Å²) in [6.45, 7) is 2.36. The minimum Gasteiger partial charge on any atom is -0.504 e. The number of benzene rings is 1. The number of rotatable bonds is 5. The van der Waals surface area contributed by atoms with Crippen molar-refractivity contribution in [1.82, 2.24) is 10.7 Å². The lowest BCUT2D eigenvalue weighted by Crippen LogP contribution is -2.61. The molecule has 26 heavy (non-hydrogen) atoms. The molecule has 0 heterocycles. The fraction of sp³-hybridized carbons (Fsp3) is 0.600. The number of hydrazone groups is 1. The van der Waals surface area contributed by atoms with Crippen molar-refractivity contribution in [2.45, 2.75) is 51.0 Å². The van der Waals surface area contributed by atoms with Crippen LogP contribution < -0.4 is 15.5 Å². The number of aromatic hydroxyl groups is 1. The van der Waals surface area contributed by atoms with Crippen LogP contribution in [0.5, 0.6) is 11.5 Å². The highest BCUT2D eigenvalue weighted by molar-refractivity contribution is 5.83. The number of carbonyl (C=O) groups excluding carboxylic acids is 1. The van der Waals surface area contributed by atoms with Crippen LogP contribution in [0.15, 0.2) is 23.3 Å². The van der Waals surface area contributed by atoms with Gasteiger partial charge < -0.3 is 15.2 Å². The smallest absolute Gasteiger partial charge is 0.335 e. The first-order valence-electron chi connectivity index (χ1n) is 9.62. The highest BCUT2D eigenvalue weighted by Crippen LogP contribution is 2.55. The third kappa shape index (κ3) is 3.50. The average Bonchev–Trinajstić information content (AvgIpc) is 2.55. The predicted octanol–water partition coefficient (Wildman–Crippen LogP) is 3.39. The summed E-state index contributed by atoms with van der Waals surface area (Å²) in [6, 6.07) is 4.80. The Balaban J connectivity index is 1.33. The van der Waals surface area contributed by atoms with E-state index in [-0.39, 0.29) is 17.3 Å². The summed E-state index contributed by atoms with van der Waals surface area (Å²) >= 11 is 0. The number of urea groups is 1. The van der Waals surface area contributed by atoms with Crippen molar-refractivity contribution in [2.24, 2.45) is 22.9 Å². The van der Waals surface area contributed by atoms with Gasteiger partial charge in [0.15, 0.2) is 11.5 Å². The van der Waals surface area contributed by atoms with Crippen molar-refractivity contribution in [1.29, 1.82) is 0 Å². The highest BCUT2D eigenvalue weighted by atomic mass is 16.5. The molecule has 0 aromatic heterocycles. The molecular weight excluding hydrogens is 330 g/mol. The van der Waals surface area contributed by atoms with E-state index in [1.807, 2.05) is 6.92 Å². The van der Waals surface area contributed by atoms with Crippen LogP contribution in [0.2, 0.25) is 0 Å². The van der Waals surface area contributed by atoms with Crippen LogP contribution in [-0.2, 0) is 0 Å². The zero-order chi connectivity index (χ0) is 18.1. The maximum Gasteiger partial charge on any atom is 0.335 e. The van der Waals surface area contributed by atoms with Gasteiger partial charge in [-0.2, -0.15) is 5.10 Å². The second-order valence-electron chi connectivity index (χ2n) is 8.18. The van der Waals surface area contributed by atoms with Gasteiger partial charge in [-0.1, -0.05) is 0 Å². The summed E-state index contributed by atoms with van der Waals surface area (Å²) in [5.41, 5.74) is 3.25. The van der Waals surface area contributed by atoms with Crippen molar-refractivity contribution in [3.63, 3.8) is 0 Å². The van der Waals surface area contributed by atoms with Crippen LogP contribution in [0.4, 0.5) is 4.79 Å². The lowest BCUT2D eigenvalue weighted by atomic mass is 9.53. The Kier molecular flexibility index (Phi) is 4.51. The Bertz CT molecular complexity index is 681. The first kappa shape index (κ1) is 17.2. The quantitative estimate of drug-likeness (QED) is 0.558. The predicted molar refractivity (Wildman–Crippen MR) is 99.4 cm³/mol. The molecule has 4 saturated carbocycles. The third-order valence-corrected chi connectivity index (χ3v) is 6.08. The van der Waals surface area contributed by atoms with Crippen molar-refractivity contribution in [3.8, 4) is 11.5 Å². The molecule has 2 amide bonds. The fourth-order valence-corrected chi connectivity index (χ4v) is 5.59. The molecule has 6 nitrogen and oxygen atoms in total. The number of ether oxygens (including phenoxy) is 1. The van der Waals surface area contributed by atoms with Crippen molar-refractivity contribution < 1.29 is 14.6 Å². The Morgan fingerprint density at radius 1 is 1.27 bits per heavy atom. The molecule has 3 N–H and O–H groups in total. The molecule has 4 aliphatic carbocycles. The largest absolute Gasteiger partial charge is 0.504 e. The van der Waals surface area contributed by atoms with Gasteiger partial charge in [0.2, 0.25) is 0 Å². The van der Waals surface area contributed by atoms with Crippen molar-refractivity contribution in [2.75, 3.05) is 6.61 Å². The van der Waals surface area contributed by atoms with E-state index < -0.39 is 0 Å². The lowest BCUT2D eigenvalue weighted by Gasteiger charge is -2.56. The number of phenolic OH excluding ortho intramolecular Hbond substituents is 1. The Labute approximate surface area is 154 Å². The molecule has 4 fully saturated rings. The molecule has 0 spiro atoms. The van der Waals surface area contributed by atoms with E-state index in [9.17, 15) is 9.90 Å². The Morgan fingerprint density at radius 3 is 2.50 bits per heavy atom. The van der Waals surface area contributed by atoms with Gasteiger partial charge in [0.1, 0.15) is 0 Å². The second kappa shape index (κ2) is 6.82. The van der Waals surface area contributed by atoms with Crippen LogP contribution in [0, 0.1) is 17.8 Å². The van der Waals surface area contributed by atoms with Crippen LogP contribution in [-0.4, -0.2) is 29.5 Å². The van der Waals surface area contributed by atoms with Gasteiger partial charge in [0.05, 0.1) is 12.8 Å². The van der Waals surface area contributed by atoms with Crippen LogP contribution in [0.25, 0.3) is 0 Å². The molecule has 0 aliphatic heterocycles. The molecule has 1 aromatic carbocycles.